The molecule has 4 nitrogen and oxygen atoms in total. The Kier molecular flexibility index (Phi) is 4.17. The van der Waals surface area contributed by atoms with E-state index in [-0.39, 0.29) is 16.8 Å². The summed E-state index contributed by atoms with van der Waals surface area (Å²) >= 11 is 7.25. The number of nitrogens with zero attached hydrogens (tertiary/aromatic N) is 2. The predicted octanol–water partition coefficient (Wildman–Crippen LogP) is 3.10. The number of nitrogens with one attached hydrogen (secondary N) is 1. The number of carbonyl (C=O) groups is 1. The summed E-state index contributed by atoms with van der Waals surface area (Å²) in [6.45, 7) is 0. The maximum atomic E-state index is 12.0. The molecule has 18 heavy (non-hydrogen) atoms. The normalized spacial score (nSPS) is 10.1. The average Bonchev–Trinajstić information content (AvgIpc) is 2.39. The number of anilines is 1. The number of thioether (sulfide) groups is 1. The van der Waals surface area contributed by atoms with E-state index < -0.39 is 0 Å². The lowest BCUT2D eigenvalue weighted by Crippen LogP contribution is -2.14. The third-order valence-corrected chi connectivity index (χ3v) is 3.17. The fourth-order valence-electron chi connectivity index (χ4n) is 1.39. The van der Waals surface area contributed by atoms with Crippen LogP contribution in [0, 0.1) is 0 Å². The predicted molar refractivity (Wildman–Crippen MR) is 73.2 cm³/mol. The molecule has 92 valence electrons. The average molecular weight is 280 g/mol. The molecule has 0 saturated heterocycles. The van der Waals surface area contributed by atoms with Gasteiger partial charge in [0.2, 0.25) is 0 Å². The molecule has 1 N–H and O–H groups in total. The van der Waals surface area contributed by atoms with Crippen LogP contribution in [0.2, 0.25) is 5.15 Å². The molecule has 1 amide bonds. The molecule has 0 bridgehead atoms. The third-order valence-electron chi connectivity index (χ3n) is 2.19. The molecule has 0 aliphatic carbocycles. The van der Waals surface area contributed by atoms with Gasteiger partial charge in [-0.15, -0.1) is 11.8 Å². The molecule has 0 unspecified atom stereocenters. The Morgan fingerprint density at radius 2 is 2.11 bits per heavy atom. The minimum atomic E-state index is -0.327. The molecular formula is C12H10ClN3OS. The molecule has 0 aliphatic heterocycles. The summed E-state index contributed by atoms with van der Waals surface area (Å²) in [4.78, 5) is 20.7. The van der Waals surface area contributed by atoms with Crippen LogP contribution in [0.25, 0.3) is 0 Å². The fraction of sp³-hybridized carbons (Fsp3) is 0.0833. The zero-order valence-corrected chi connectivity index (χ0v) is 11.1. The summed E-state index contributed by atoms with van der Waals surface area (Å²) in [7, 11) is 0. The molecule has 0 saturated carbocycles. The van der Waals surface area contributed by atoms with Crippen LogP contribution in [0.5, 0.6) is 0 Å². The van der Waals surface area contributed by atoms with E-state index in [0.717, 1.165) is 10.6 Å². The van der Waals surface area contributed by atoms with Crippen LogP contribution < -0.4 is 5.32 Å². The number of rotatable bonds is 3. The molecule has 1 aromatic carbocycles. The summed E-state index contributed by atoms with van der Waals surface area (Å²) in [6.07, 6.45) is 4.71. The van der Waals surface area contributed by atoms with Crippen molar-refractivity contribution < 1.29 is 4.79 Å². The van der Waals surface area contributed by atoms with Gasteiger partial charge in [-0.1, -0.05) is 23.7 Å². The molecule has 1 aromatic heterocycles. The van der Waals surface area contributed by atoms with Crippen molar-refractivity contribution in [3.8, 4) is 0 Å². The minimum absolute atomic E-state index is 0.193. The van der Waals surface area contributed by atoms with E-state index in [9.17, 15) is 4.79 Å². The quantitative estimate of drug-likeness (QED) is 0.877. The highest BCUT2D eigenvalue weighted by atomic mass is 35.5. The minimum Gasteiger partial charge on any atom is -0.320 e. The number of para-hydroxylation sites is 1. The van der Waals surface area contributed by atoms with Crippen LogP contribution in [0.1, 0.15) is 10.5 Å². The van der Waals surface area contributed by atoms with Crippen molar-refractivity contribution in [1.82, 2.24) is 9.97 Å². The van der Waals surface area contributed by atoms with Crippen LogP contribution in [-0.2, 0) is 0 Å². The molecular weight excluding hydrogens is 270 g/mol. The largest absolute Gasteiger partial charge is 0.320 e. The Labute approximate surface area is 114 Å². The number of benzene rings is 1. The van der Waals surface area contributed by atoms with Crippen LogP contribution in [-0.4, -0.2) is 22.1 Å². The first-order chi connectivity index (χ1) is 8.70. The highest BCUT2D eigenvalue weighted by Crippen LogP contribution is 2.24. The first kappa shape index (κ1) is 12.9. The van der Waals surface area contributed by atoms with Crippen molar-refractivity contribution in [2.24, 2.45) is 0 Å². The number of amides is 1. The van der Waals surface area contributed by atoms with Gasteiger partial charge in [0.25, 0.3) is 5.91 Å². The molecule has 0 atom stereocenters. The number of aromatic nitrogens is 2. The van der Waals surface area contributed by atoms with E-state index in [4.69, 9.17) is 11.6 Å². The summed E-state index contributed by atoms with van der Waals surface area (Å²) in [5.74, 6) is -0.327. The van der Waals surface area contributed by atoms with E-state index >= 15 is 0 Å². The van der Waals surface area contributed by atoms with Gasteiger partial charge in [-0.05, 0) is 18.4 Å². The zero-order valence-electron chi connectivity index (χ0n) is 9.55. The smallest absolute Gasteiger partial charge is 0.275 e. The molecule has 0 radical (unpaired) electrons. The number of hydrogen-bond acceptors (Lipinski definition) is 4. The lowest BCUT2D eigenvalue weighted by atomic mass is 10.3. The zero-order chi connectivity index (χ0) is 13.0. The van der Waals surface area contributed by atoms with Crippen LogP contribution in [0.15, 0.2) is 41.6 Å². The summed E-state index contributed by atoms with van der Waals surface area (Å²) < 4.78 is 0. The van der Waals surface area contributed by atoms with Gasteiger partial charge in [-0.3, -0.25) is 9.78 Å². The van der Waals surface area contributed by atoms with Crippen molar-refractivity contribution in [2.45, 2.75) is 4.90 Å². The highest BCUT2D eigenvalue weighted by Gasteiger charge is 2.10. The molecule has 0 aliphatic rings. The summed E-state index contributed by atoms with van der Waals surface area (Å²) in [5, 5.41) is 2.98. The van der Waals surface area contributed by atoms with Crippen molar-refractivity contribution in [3.05, 3.63) is 47.5 Å². The van der Waals surface area contributed by atoms with Crippen molar-refractivity contribution in [3.63, 3.8) is 0 Å². The van der Waals surface area contributed by atoms with Crippen molar-refractivity contribution in [1.29, 1.82) is 0 Å². The molecule has 2 rings (SSSR count). The van der Waals surface area contributed by atoms with E-state index in [1.165, 1.54) is 12.4 Å². The SMILES string of the molecule is CSc1ccccc1NC(=O)c1cncc(Cl)n1. The second kappa shape index (κ2) is 5.84. The van der Waals surface area contributed by atoms with Crippen molar-refractivity contribution >= 4 is 35.0 Å². The van der Waals surface area contributed by atoms with Gasteiger partial charge in [0, 0.05) is 4.90 Å². The highest BCUT2D eigenvalue weighted by molar-refractivity contribution is 7.98. The van der Waals surface area contributed by atoms with E-state index in [0.29, 0.717) is 0 Å². The van der Waals surface area contributed by atoms with Gasteiger partial charge < -0.3 is 5.32 Å². The molecule has 2 aromatic rings. The molecule has 0 spiro atoms. The van der Waals surface area contributed by atoms with Gasteiger partial charge in [-0.25, -0.2) is 4.98 Å². The van der Waals surface area contributed by atoms with Crippen LogP contribution >= 0.6 is 23.4 Å². The maximum Gasteiger partial charge on any atom is 0.275 e. The second-order valence-corrected chi connectivity index (χ2v) is 4.62. The second-order valence-electron chi connectivity index (χ2n) is 3.38. The van der Waals surface area contributed by atoms with Gasteiger partial charge in [-0.2, -0.15) is 0 Å². The Balaban J connectivity index is 2.21. The Bertz CT molecular complexity index is 577. The Hall–Kier alpha value is -1.59. The monoisotopic (exact) mass is 279 g/mol. The van der Waals surface area contributed by atoms with Gasteiger partial charge in [0.1, 0.15) is 10.8 Å². The molecule has 0 fully saturated rings. The Morgan fingerprint density at radius 3 is 2.83 bits per heavy atom. The number of hydrogen-bond donors (Lipinski definition) is 1. The standard InChI is InChI=1S/C12H10ClN3OS/c1-18-10-5-3-2-4-8(10)16-12(17)9-6-14-7-11(13)15-9/h2-7H,1H3,(H,16,17). The molecule has 1 heterocycles. The van der Waals surface area contributed by atoms with E-state index in [1.54, 1.807) is 11.8 Å². The fourth-order valence-corrected chi connectivity index (χ4v) is 2.09. The number of carbonyl (C=O) groups excluding carboxylic acids is 1. The van der Waals surface area contributed by atoms with Gasteiger partial charge in [0.15, 0.2) is 0 Å². The lowest BCUT2D eigenvalue weighted by Gasteiger charge is -2.08. The number of halogens is 1. The van der Waals surface area contributed by atoms with Gasteiger partial charge >= 0.3 is 0 Å². The van der Waals surface area contributed by atoms with Crippen LogP contribution in [0.4, 0.5) is 5.69 Å². The third kappa shape index (κ3) is 3.00. The summed E-state index contributed by atoms with van der Waals surface area (Å²) in [6, 6.07) is 7.55. The van der Waals surface area contributed by atoms with Crippen LogP contribution in [0.3, 0.4) is 0 Å². The molecule has 6 heteroatoms. The van der Waals surface area contributed by atoms with E-state index in [2.05, 4.69) is 15.3 Å². The van der Waals surface area contributed by atoms with Crippen molar-refractivity contribution in [2.75, 3.05) is 11.6 Å². The van der Waals surface area contributed by atoms with E-state index in [1.807, 2.05) is 30.5 Å². The topological polar surface area (TPSA) is 54.9 Å². The maximum absolute atomic E-state index is 12.0. The first-order valence-electron chi connectivity index (χ1n) is 5.12. The van der Waals surface area contributed by atoms with Gasteiger partial charge in [0.05, 0.1) is 18.1 Å². The lowest BCUT2D eigenvalue weighted by molar-refractivity contribution is 0.102. The first-order valence-corrected chi connectivity index (χ1v) is 6.73. The summed E-state index contributed by atoms with van der Waals surface area (Å²) in [5.41, 5.74) is 0.940. The Morgan fingerprint density at radius 1 is 1.33 bits per heavy atom.